The van der Waals surface area contributed by atoms with E-state index in [1.165, 1.54) is 4.88 Å². The summed E-state index contributed by atoms with van der Waals surface area (Å²) in [5, 5.41) is 4.98. The molecule has 1 amide bonds. The Balaban J connectivity index is 2.70. The van der Waals surface area contributed by atoms with Gasteiger partial charge in [0, 0.05) is 15.3 Å². The molecule has 0 spiro atoms. The normalized spacial score (nSPS) is 9.93. The van der Waals surface area contributed by atoms with Crippen LogP contribution in [0.3, 0.4) is 0 Å². The van der Waals surface area contributed by atoms with Gasteiger partial charge in [0.1, 0.15) is 0 Å². The van der Waals surface area contributed by atoms with E-state index in [9.17, 15) is 4.79 Å². The molecule has 1 heterocycles. The minimum absolute atomic E-state index is 0.0892. The molecule has 0 bridgehead atoms. The summed E-state index contributed by atoms with van der Waals surface area (Å²) in [6.07, 6.45) is 0. The van der Waals surface area contributed by atoms with E-state index < -0.39 is 0 Å². The van der Waals surface area contributed by atoms with Crippen LogP contribution < -0.4 is 5.32 Å². The van der Waals surface area contributed by atoms with Gasteiger partial charge in [0.05, 0.1) is 12.1 Å². The molecule has 0 aromatic carbocycles. The summed E-state index contributed by atoms with van der Waals surface area (Å²) in [6.45, 7) is 7.75. The van der Waals surface area contributed by atoms with Gasteiger partial charge in [-0.05, 0) is 19.4 Å². The van der Waals surface area contributed by atoms with Crippen molar-refractivity contribution in [3.63, 3.8) is 0 Å². The number of nitrogens with one attached hydrogen (secondary N) is 1. The standard InChI is InChI=1S/C10H12ClNOS/c1-6(11)4-12-10(13)9-5-14-8(3)7(9)2/h5H,1,4H2,2-3H3,(H,12,13). The van der Waals surface area contributed by atoms with Crippen LogP contribution in [0.15, 0.2) is 17.0 Å². The second kappa shape index (κ2) is 4.62. The Kier molecular flexibility index (Phi) is 3.72. The molecule has 1 aromatic heterocycles. The Bertz CT molecular complexity index is 370. The first-order chi connectivity index (χ1) is 6.52. The van der Waals surface area contributed by atoms with Crippen molar-refractivity contribution in [2.75, 3.05) is 6.54 Å². The summed E-state index contributed by atoms with van der Waals surface area (Å²) >= 11 is 7.13. The third-order valence-corrected chi connectivity index (χ3v) is 3.12. The Morgan fingerprint density at radius 3 is 2.71 bits per heavy atom. The van der Waals surface area contributed by atoms with Crippen molar-refractivity contribution in [1.29, 1.82) is 0 Å². The summed E-state index contributed by atoms with van der Waals surface area (Å²) in [5.74, 6) is -0.0892. The maximum Gasteiger partial charge on any atom is 0.252 e. The van der Waals surface area contributed by atoms with Gasteiger partial charge < -0.3 is 5.32 Å². The first-order valence-corrected chi connectivity index (χ1v) is 5.44. The highest BCUT2D eigenvalue weighted by molar-refractivity contribution is 7.10. The molecule has 76 valence electrons. The van der Waals surface area contributed by atoms with Crippen molar-refractivity contribution in [3.05, 3.63) is 33.0 Å². The van der Waals surface area contributed by atoms with E-state index in [1.54, 1.807) is 11.3 Å². The second-order valence-corrected chi connectivity index (χ2v) is 4.65. The van der Waals surface area contributed by atoms with Gasteiger partial charge in [0.2, 0.25) is 0 Å². The number of halogens is 1. The van der Waals surface area contributed by atoms with Crippen LogP contribution in [0.4, 0.5) is 0 Å². The summed E-state index contributed by atoms with van der Waals surface area (Å²) < 4.78 is 0. The SMILES string of the molecule is C=C(Cl)CNC(=O)c1csc(C)c1C. The quantitative estimate of drug-likeness (QED) is 0.849. The molecule has 0 unspecified atom stereocenters. The summed E-state index contributed by atoms with van der Waals surface area (Å²) in [5.41, 5.74) is 1.76. The Labute approximate surface area is 92.6 Å². The average Bonchev–Trinajstić information content (AvgIpc) is 2.44. The molecule has 0 saturated heterocycles. The van der Waals surface area contributed by atoms with Gasteiger partial charge >= 0.3 is 0 Å². The third-order valence-electron chi connectivity index (χ3n) is 1.97. The average molecular weight is 230 g/mol. The number of carbonyl (C=O) groups excluding carboxylic acids is 1. The molecule has 0 fully saturated rings. The van der Waals surface area contributed by atoms with Gasteiger partial charge in [-0.15, -0.1) is 11.3 Å². The monoisotopic (exact) mass is 229 g/mol. The van der Waals surface area contributed by atoms with Gasteiger partial charge in [-0.2, -0.15) is 0 Å². The van der Waals surface area contributed by atoms with Crippen molar-refractivity contribution in [2.45, 2.75) is 13.8 Å². The molecule has 4 heteroatoms. The fourth-order valence-electron chi connectivity index (χ4n) is 1.01. The maximum absolute atomic E-state index is 11.6. The molecule has 0 radical (unpaired) electrons. The molecule has 0 aliphatic heterocycles. The maximum atomic E-state index is 11.6. The number of aryl methyl sites for hydroxylation is 1. The molecule has 0 saturated carbocycles. The lowest BCUT2D eigenvalue weighted by Crippen LogP contribution is -2.24. The number of hydrogen-bond donors (Lipinski definition) is 1. The van der Waals surface area contributed by atoms with Crippen LogP contribution in [0.1, 0.15) is 20.8 Å². The van der Waals surface area contributed by atoms with Crippen molar-refractivity contribution in [2.24, 2.45) is 0 Å². The van der Waals surface area contributed by atoms with E-state index in [4.69, 9.17) is 11.6 Å². The summed E-state index contributed by atoms with van der Waals surface area (Å²) in [7, 11) is 0. The molecule has 14 heavy (non-hydrogen) atoms. The number of rotatable bonds is 3. The lowest BCUT2D eigenvalue weighted by Gasteiger charge is -2.02. The highest BCUT2D eigenvalue weighted by Crippen LogP contribution is 2.20. The second-order valence-electron chi connectivity index (χ2n) is 3.03. The van der Waals surface area contributed by atoms with E-state index in [1.807, 2.05) is 19.2 Å². The van der Waals surface area contributed by atoms with E-state index >= 15 is 0 Å². The van der Waals surface area contributed by atoms with Crippen LogP contribution in [-0.2, 0) is 0 Å². The number of carbonyl (C=O) groups is 1. The van der Waals surface area contributed by atoms with E-state index in [2.05, 4.69) is 11.9 Å². The molecule has 0 atom stereocenters. The molecule has 1 aromatic rings. The van der Waals surface area contributed by atoms with Gasteiger partial charge in [-0.1, -0.05) is 18.2 Å². The summed E-state index contributed by atoms with van der Waals surface area (Å²) in [6, 6.07) is 0. The largest absolute Gasteiger partial charge is 0.347 e. The lowest BCUT2D eigenvalue weighted by molar-refractivity contribution is 0.0957. The van der Waals surface area contributed by atoms with Gasteiger partial charge in [-0.3, -0.25) is 4.79 Å². The minimum Gasteiger partial charge on any atom is -0.347 e. The van der Waals surface area contributed by atoms with Gasteiger partial charge in [0.25, 0.3) is 5.91 Å². The Hall–Kier alpha value is -0.800. The molecule has 2 nitrogen and oxygen atoms in total. The van der Waals surface area contributed by atoms with Gasteiger partial charge in [0.15, 0.2) is 0 Å². The molecular formula is C10H12ClNOS. The van der Waals surface area contributed by atoms with Crippen molar-refractivity contribution < 1.29 is 4.79 Å². The minimum atomic E-state index is -0.0892. The topological polar surface area (TPSA) is 29.1 Å². The highest BCUT2D eigenvalue weighted by Gasteiger charge is 2.11. The van der Waals surface area contributed by atoms with Crippen LogP contribution in [-0.4, -0.2) is 12.5 Å². The van der Waals surface area contributed by atoms with E-state index in [0.29, 0.717) is 11.6 Å². The fourth-order valence-corrected chi connectivity index (χ4v) is 1.94. The first-order valence-electron chi connectivity index (χ1n) is 4.18. The van der Waals surface area contributed by atoms with Crippen LogP contribution in [0.5, 0.6) is 0 Å². The molecular weight excluding hydrogens is 218 g/mol. The molecule has 0 aliphatic rings. The third kappa shape index (κ3) is 2.59. The van der Waals surface area contributed by atoms with Crippen LogP contribution >= 0.6 is 22.9 Å². The lowest BCUT2D eigenvalue weighted by atomic mass is 10.2. The molecule has 1 N–H and O–H groups in total. The smallest absolute Gasteiger partial charge is 0.252 e. The predicted octanol–water partition coefficient (Wildman–Crippen LogP) is 2.85. The van der Waals surface area contributed by atoms with Crippen LogP contribution in [0, 0.1) is 13.8 Å². The predicted molar refractivity (Wildman–Crippen MR) is 61.1 cm³/mol. The zero-order valence-electron chi connectivity index (χ0n) is 8.19. The van der Waals surface area contributed by atoms with Crippen molar-refractivity contribution in [3.8, 4) is 0 Å². The van der Waals surface area contributed by atoms with Crippen LogP contribution in [0.25, 0.3) is 0 Å². The number of hydrogen-bond acceptors (Lipinski definition) is 2. The molecule has 0 aliphatic carbocycles. The molecule has 1 rings (SSSR count). The first kappa shape index (κ1) is 11.3. The Morgan fingerprint density at radius 2 is 2.29 bits per heavy atom. The number of amides is 1. The van der Waals surface area contributed by atoms with Crippen molar-refractivity contribution in [1.82, 2.24) is 5.32 Å². The zero-order valence-corrected chi connectivity index (χ0v) is 9.76. The van der Waals surface area contributed by atoms with Crippen LogP contribution in [0.2, 0.25) is 0 Å². The fraction of sp³-hybridized carbons (Fsp3) is 0.300. The van der Waals surface area contributed by atoms with Gasteiger partial charge in [-0.25, -0.2) is 0 Å². The zero-order chi connectivity index (χ0) is 10.7. The van der Waals surface area contributed by atoms with E-state index in [0.717, 1.165) is 11.1 Å². The Morgan fingerprint density at radius 1 is 1.64 bits per heavy atom. The van der Waals surface area contributed by atoms with E-state index in [-0.39, 0.29) is 5.91 Å². The summed E-state index contributed by atoms with van der Waals surface area (Å²) in [4.78, 5) is 12.7. The highest BCUT2D eigenvalue weighted by atomic mass is 35.5. The number of thiophene rings is 1. The van der Waals surface area contributed by atoms with Crippen molar-refractivity contribution >= 4 is 28.8 Å².